The summed E-state index contributed by atoms with van der Waals surface area (Å²) >= 11 is 1.71. The van der Waals surface area contributed by atoms with Crippen LogP contribution in [0.3, 0.4) is 0 Å². The molecule has 0 amide bonds. The average molecular weight is 300 g/mol. The topological polar surface area (TPSA) is 66.0 Å². The van der Waals surface area contributed by atoms with Crippen LogP contribution in [-0.2, 0) is 6.54 Å². The maximum atomic E-state index is 7.90. The first-order valence-corrected chi connectivity index (χ1v) is 7.82. The molecular weight excluding hydrogens is 280 g/mol. The van der Waals surface area contributed by atoms with E-state index in [1.54, 1.807) is 24.2 Å². The van der Waals surface area contributed by atoms with Crippen LogP contribution in [0.1, 0.15) is 18.1 Å². The lowest BCUT2D eigenvalue weighted by molar-refractivity contribution is 0.914. The Morgan fingerprint density at radius 1 is 1.29 bits per heavy atom. The van der Waals surface area contributed by atoms with E-state index in [-0.39, 0.29) is 5.84 Å². The van der Waals surface area contributed by atoms with Crippen LogP contribution in [0.25, 0.3) is 0 Å². The highest BCUT2D eigenvalue weighted by atomic mass is 32.2. The molecule has 0 saturated heterocycles. The van der Waals surface area contributed by atoms with Crippen molar-refractivity contribution in [2.75, 3.05) is 17.7 Å². The molecule has 5 heteroatoms. The Balaban J connectivity index is 2.34. The van der Waals surface area contributed by atoms with Gasteiger partial charge in [0.15, 0.2) is 0 Å². The molecule has 4 nitrogen and oxygen atoms in total. The minimum atomic E-state index is 0.114. The van der Waals surface area contributed by atoms with Gasteiger partial charge in [0.05, 0.1) is 5.56 Å². The molecule has 0 radical (unpaired) electrons. The van der Waals surface area contributed by atoms with Crippen LogP contribution in [0.4, 0.5) is 5.69 Å². The number of amidine groups is 1. The SMILES string of the molecule is CCSc1cccc(N(C)Cc2ccncc2)c1C(=N)N. The molecule has 0 fully saturated rings. The number of anilines is 1. The van der Waals surface area contributed by atoms with Crippen molar-refractivity contribution < 1.29 is 0 Å². The quantitative estimate of drug-likeness (QED) is 0.489. The van der Waals surface area contributed by atoms with Gasteiger partial charge in [-0.2, -0.15) is 0 Å². The summed E-state index contributed by atoms with van der Waals surface area (Å²) < 4.78 is 0. The molecule has 2 aromatic rings. The standard InChI is InChI=1S/C16H20N4S/c1-3-21-14-6-4-5-13(15(14)16(17)18)20(2)11-12-7-9-19-10-8-12/h4-10H,3,11H2,1-2H3,(H3,17,18). The summed E-state index contributed by atoms with van der Waals surface area (Å²) in [4.78, 5) is 7.21. The molecule has 110 valence electrons. The summed E-state index contributed by atoms with van der Waals surface area (Å²) in [5, 5.41) is 7.90. The molecular formula is C16H20N4S. The van der Waals surface area contributed by atoms with E-state index in [9.17, 15) is 0 Å². The molecule has 0 bridgehead atoms. The van der Waals surface area contributed by atoms with E-state index in [1.165, 1.54) is 5.56 Å². The minimum absolute atomic E-state index is 0.114. The maximum Gasteiger partial charge on any atom is 0.126 e. The molecule has 0 atom stereocenters. The van der Waals surface area contributed by atoms with Crippen LogP contribution < -0.4 is 10.6 Å². The van der Waals surface area contributed by atoms with E-state index in [1.807, 2.05) is 37.4 Å². The number of hydrogen-bond donors (Lipinski definition) is 2. The Labute approximate surface area is 129 Å². The number of nitrogens with two attached hydrogens (primary N) is 1. The second kappa shape index (κ2) is 7.13. The fourth-order valence-corrected chi connectivity index (χ4v) is 3.08. The van der Waals surface area contributed by atoms with Crippen LogP contribution in [0.15, 0.2) is 47.6 Å². The van der Waals surface area contributed by atoms with Gasteiger partial charge in [0.1, 0.15) is 5.84 Å². The van der Waals surface area contributed by atoms with E-state index in [0.29, 0.717) is 0 Å². The Bertz CT molecular complexity index is 613. The number of benzene rings is 1. The van der Waals surface area contributed by atoms with Crippen LogP contribution in [-0.4, -0.2) is 23.6 Å². The second-order valence-electron chi connectivity index (χ2n) is 4.71. The van der Waals surface area contributed by atoms with Crippen molar-refractivity contribution in [3.05, 3.63) is 53.9 Å². The Morgan fingerprint density at radius 2 is 2.00 bits per heavy atom. The minimum Gasteiger partial charge on any atom is -0.384 e. The zero-order valence-electron chi connectivity index (χ0n) is 12.3. The molecule has 1 heterocycles. The fraction of sp³-hybridized carbons (Fsp3) is 0.250. The summed E-state index contributed by atoms with van der Waals surface area (Å²) in [6.45, 7) is 2.85. The fourth-order valence-electron chi connectivity index (χ4n) is 2.23. The predicted molar refractivity (Wildman–Crippen MR) is 90.2 cm³/mol. The Morgan fingerprint density at radius 3 is 2.62 bits per heavy atom. The Kier molecular flexibility index (Phi) is 5.22. The van der Waals surface area contributed by atoms with Crippen molar-refractivity contribution in [3.63, 3.8) is 0 Å². The molecule has 3 N–H and O–H groups in total. The van der Waals surface area contributed by atoms with Gasteiger partial charge in [-0.05, 0) is 35.6 Å². The molecule has 1 aromatic heterocycles. The molecule has 0 unspecified atom stereocenters. The lowest BCUT2D eigenvalue weighted by Gasteiger charge is -2.23. The third-order valence-corrected chi connectivity index (χ3v) is 4.09. The predicted octanol–water partition coefficient (Wildman–Crippen LogP) is 3.11. The summed E-state index contributed by atoms with van der Waals surface area (Å²) in [5.41, 5.74) is 8.79. The van der Waals surface area contributed by atoms with Gasteiger partial charge in [-0.15, -0.1) is 11.8 Å². The third-order valence-electron chi connectivity index (χ3n) is 3.15. The highest BCUT2D eigenvalue weighted by Gasteiger charge is 2.14. The highest BCUT2D eigenvalue weighted by Crippen LogP contribution is 2.30. The molecule has 2 rings (SSSR count). The Hall–Kier alpha value is -2.01. The number of nitrogens with one attached hydrogen (secondary N) is 1. The number of hydrogen-bond acceptors (Lipinski definition) is 4. The number of nitrogen functional groups attached to an aromatic ring is 1. The molecule has 0 aliphatic rings. The number of rotatable bonds is 6. The van der Waals surface area contributed by atoms with Crippen molar-refractivity contribution in [2.45, 2.75) is 18.4 Å². The van der Waals surface area contributed by atoms with Crippen molar-refractivity contribution in [2.24, 2.45) is 5.73 Å². The van der Waals surface area contributed by atoms with Crippen LogP contribution in [0.2, 0.25) is 0 Å². The van der Waals surface area contributed by atoms with E-state index in [4.69, 9.17) is 11.1 Å². The molecule has 0 saturated carbocycles. The molecule has 21 heavy (non-hydrogen) atoms. The third kappa shape index (κ3) is 3.76. The smallest absolute Gasteiger partial charge is 0.126 e. The zero-order valence-corrected chi connectivity index (χ0v) is 13.2. The van der Waals surface area contributed by atoms with Gasteiger partial charge in [0.25, 0.3) is 0 Å². The average Bonchev–Trinajstić information content (AvgIpc) is 2.48. The first-order valence-electron chi connectivity index (χ1n) is 6.83. The molecule has 0 aliphatic heterocycles. The molecule has 0 aliphatic carbocycles. The summed E-state index contributed by atoms with van der Waals surface area (Å²) in [6, 6.07) is 10.0. The lowest BCUT2D eigenvalue weighted by Crippen LogP contribution is -2.22. The number of aromatic nitrogens is 1. The maximum absolute atomic E-state index is 7.90. The van der Waals surface area contributed by atoms with Gasteiger partial charge < -0.3 is 10.6 Å². The largest absolute Gasteiger partial charge is 0.384 e. The second-order valence-corrected chi connectivity index (χ2v) is 6.01. The summed E-state index contributed by atoms with van der Waals surface area (Å²) in [6.07, 6.45) is 3.58. The number of pyridine rings is 1. The zero-order chi connectivity index (χ0) is 15.2. The summed E-state index contributed by atoms with van der Waals surface area (Å²) in [5.74, 6) is 1.07. The van der Waals surface area contributed by atoms with Crippen molar-refractivity contribution in [1.82, 2.24) is 4.98 Å². The van der Waals surface area contributed by atoms with E-state index in [2.05, 4.69) is 16.8 Å². The number of thioether (sulfide) groups is 1. The first kappa shape index (κ1) is 15.4. The normalized spacial score (nSPS) is 10.4. The number of nitrogens with zero attached hydrogens (tertiary/aromatic N) is 2. The van der Waals surface area contributed by atoms with Gasteiger partial charge in [-0.25, -0.2) is 0 Å². The van der Waals surface area contributed by atoms with Crippen LogP contribution >= 0.6 is 11.8 Å². The summed E-state index contributed by atoms with van der Waals surface area (Å²) in [7, 11) is 2.02. The van der Waals surface area contributed by atoms with Crippen molar-refractivity contribution >= 4 is 23.3 Å². The van der Waals surface area contributed by atoms with Gasteiger partial charge in [0, 0.05) is 36.6 Å². The highest BCUT2D eigenvalue weighted by molar-refractivity contribution is 7.99. The van der Waals surface area contributed by atoms with Crippen LogP contribution in [0.5, 0.6) is 0 Å². The lowest BCUT2D eigenvalue weighted by atomic mass is 10.1. The van der Waals surface area contributed by atoms with Crippen molar-refractivity contribution in [1.29, 1.82) is 5.41 Å². The van der Waals surface area contributed by atoms with Gasteiger partial charge in [0.2, 0.25) is 0 Å². The van der Waals surface area contributed by atoms with Gasteiger partial charge >= 0.3 is 0 Å². The van der Waals surface area contributed by atoms with Gasteiger partial charge in [-0.3, -0.25) is 10.4 Å². The molecule has 1 aromatic carbocycles. The molecule has 0 spiro atoms. The van der Waals surface area contributed by atoms with Crippen molar-refractivity contribution in [3.8, 4) is 0 Å². The van der Waals surface area contributed by atoms with Gasteiger partial charge in [-0.1, -0.05) is 13.0 Å². The van der Waals surface area contributed by atoms with Crippen LogP contribution in [0, 0.1) is 5.41 Å². The van der Waals surface area contributed by atoms with E-state index >= 15 is 0 Å². The van der Waals surface area contributed by atoms with E-state index in [0.717, 1.165) is 28.4 Å². The van der Waals surface area contributed by atoms with E-state index < -0.39 is 0 Å². The monoisotopic (exact) mass is 300 g/mol. The first-order chi connectivity index (χ1) is 10.1.